The van der Waals surface area contributed by atoms with Crippen molar-refractivity contribution < 1.29 is 4.79 Å². The molecule has 2 heterocycles. The summed E-state index contributed by atoms with van der Waals surface area (Å²) in [5.74, 6) is 5.85. The Kier molecular flexibility index (Phi) is 5.38. The van der Waals surface area contributed by atoms with Gasteiger partial charge < -0.3 is 10.6 Å². The predicted octanol–water partition coefficient (Wildman–Crippen LogP) is 3.15. The van der Waals surface area contributed by atoms with Gasteiger partial charge in [0.05, 0.1) is 20.8 Å². The summed E-state index contributed by atoms with van der Waals surface area (Å²) in [4.78, 5) is 14.9. The zero-order valence-corrected chi connectivity index (χ0v) is 14.1. The molecule has 1 amide bonds. The number of amides is 1. The average Bonchev–Trinajstić information content (AvgIpc) is 3.04. The molecule has 0 aliphatic heterocycles. The van der Waals surface area contributed by atoms with E-state index in [-0.39, 0.29) is 5.91 Å². The summed E-state index contributed by atoms with van der Waals surface area (Å²) < 4.78 is 0.962. The fraction of sp³-hybridized carbons (Fsp3) is 0.214. The van der Waals surface area contributed by atoms with Crippen LogP contribution in [-0.2, 0) is 6.54 Å². The van der Waals surface area contributed by atoms with Gasteiger partial charge in [-0.05, 0) is 39.0 Å². The number of nitrogens with two attached hydrogens (primary N) is 1. The third-order valence-corrected chi connectivity index (χ3v) is 4.95. The molecule has 0 radical (unpaired) electrons. The predicted molar refractivity (Wildman–Crippen MR) is 88.1 cm³/mol. The van der Waals surface area contributed by atoms with E-state index in [9.17, 15) is 4.79 Å². The van der Waals surface area contributed by atoms with Crippen LogP contribution < -0.4 is 5.73 Å². The monoisotopic (exact) mass is 368 g/mol. The maximum atomic E-state index is 12.2. The van der Waals surface area contributed by atoms with Gasteiger partial charge in [-0.15, -0.1) is 22.7 Å². The van der Waals surface area contributed by atoms with Crippen molar-refractivity contribution in [1.29, 1.82) is 0 Å². The molecule has 0 atom stereocenters. The molecule has 0 saturated carbocycles. The fourth-order valence-electron chi connectivity index (χ4n) is 1.65. The molecule has 2 rings (SSSR count). The smallest absolute Gasteiger partial charge is 0.254 e. The van der Waals surface area contributed by atoms with E-state index in [1.54, 1.807) is 23.3 Å². The molecule has 0 spiro atoms. The molecule has 0 fully saturated rings. The average molecular weight is 369 g/mol. The van der Waals surface area contributed by atoms with Crippen molar-refractivity contribution in [3.05, 3.63) is 42.7 Å². The Morgan fingerprint density at radius 1 is 1.40 bits per heavy atom. The lowest BCUT2D eigenvalue weighted by Crippen LogP contribution is -2.25. The quantitative estimate of drug-likeness (QED) is 0.845. The van der Waals surface area contributed by atoms with Crippen molar-refractivity contribution in [2.45, 2.75) is 6.54 Å². The summed E-state index contributed by atoms with van der Waals surface area (Å²) in [6, 6.07) is 3.84. The van der Waals surface area contributed by atoms with Crippen molar-refractivity contribution in [1.82, 2.24) is 4.90 Å². The second kappa shape index (κ2) is 7.04. The fourth-order valence-corrected chi connectivity index (χ4v) is 3.55. The molecule has 0 unspecified atom stereocenters. The van der Waals surface area contributed by atoms with E-state index in [2.05, 4.69) is 27.8 Å². The highest BCUT2D eigenvalue weighted by Gasteiger charge is 2.14. The molecule has 2 N–H and O–H groups in total. The van der Waals surface area contributed by atoms with Gasteiger partial charge in [-0.25, -0.2) is 0 Å². The second-order valence-corrected chi connectivity index (χ2v) is 7.33. The Morgan fingerprint density at radius 3 is 2.85 bits per heavy atom. The van der Waals surface area contributed by atoms with Gasteiger partial charge in [0, 0.05) is 19.0 Å². The van der Waals surface area contributed by atoms with Crippen molar-refractivity contribution in [2.75, 3.05) is 13.6 Å². The number of nitrogens with zero attached hydrogens (tertiary/aromatic N) is 1. The van der Waals surface area contributed by atoms with Gasteiger partial charge in [0.2, 0.25) is 0 Å². The number of hydrogen-bond donors (Lipinski definition) is 1. The molecular weight excluding hydrogens is 356 g/mol. The molecule has 0 aromatic carbocycles. The van der Waals surface area contributed by atoms with Gasteiger partial charge in [-0.1, -0.05) is 11.8 Å². The van der Waals surface area contributed by atoms with Crippen molar-refractivity contribution in [3.8, 4) is 11.8 Å². The van der Waals surface area contributed by atoms with Crippen LogP contribution in [0, 0.1) is 11.8 Å². The van der Waals surface area contributed by atoms with Crippen LogP contribution in [0.4, 0.5) is 0 Å². The minimum absolute atomic E-state index is 0.0211. The Hall–Kier alpha value is -1.13. The molecule has 20 heavy (non-hydrogen) atoms. The summed E-state index contributed by atoms with van der Waals surface area (Å²) in [7, 11) is 1.80. The highest BCUT2D eigenvalue weighted by Crippen LogP contribution is 2.22. The van der Waals surface area contributed by atoms with Crippen LogP contribution in [0.5, 0.6) is 0 Å². The SMILES string of the molecule is CN(Cc1csc(C#CCN)c1)C(=O)c1csc(Br)c1. The Bertz CT molecular complexity index is 666. The first-order valence-corrected chi connectivity index (χ1v) is 8.41. The molecule has 104 valence electrons. The van der Waals surface area contributed by atoms with Gasteiger partial charge in [0.1, 0.15) is 0 Å². The van der Waals surface area contributed by atoms with Crippen molar-refractivity contribution >= 4 is 44.5 Å². The molecule has 0 saturated heterocycles. The van der Waals surface area contributed by atoms with Gasteiger partial charge in [-0.2, -0.15) is 0 Å². The van der Waals surface area contributed by atoms with Crippen LogP contribution in [-0.4, -0.2) is 24.4 Å². The minimum atomic E-state index is 0.0211. The largest absolute Gasteiger partial charge is 0.337 e. The summed E-state index contributed by atoms with van der Waals surface area (Å²) in [5.41, 5.74) is 7.14. The zero-order valence-electron chi connectivity index (χ0n) is 10.9. The normalized spacial score (nSPS) is 9.95. The Morgan fingerprint density at radius 2 is 2.20 bits per heavy atom. The van der Waals surface area contributed by atoms with Crippen molar-refractivity contribution in [3.63, 3.8) is 0 Å². The Labute approximate surface area is 134 Å². The Balaban J connectivity index is 2.02. The van der Waals surface area contributed by atoms with Gasteiger partial charge >= 0.3 is 0 Å². The highest BCUT2D eigenvalue weighted by molar-refractivity contribution is 9.11. The molecule has 2 aromatic heterocycles. The number of halogens is 1. The lowest BCUT2D eigenvalue weighted by atomic mass is 10.2. The number of rotatable bonds is 3. The van der Waals surface area contributed by atoms with E-state index in [0.717, 1.165) is 14.2 Å². The van der Waals surface area contributed by atoms with E-state index in [4.69, 9.17) is 5.73 Å². The summed E-state index contributed by atoms with van der Waals surface area (Å²) in [6.45, 7) is 0.936. The highest BCUT2D eigenvalue weighted by atomic mass is 79.9. The van der Waals surface area contributed by atoms with E-state index < -0.39 is 0 Å². The van der Waals surface area contributed by atoms with Crippen LogP contribution in [0.25, 0.3) is 0 Å². The topological polar surface area (TPSA) is 46.3 Å². The first-order chi connectivity index (χ1) is 9.60. The van der Waals surface area contributed by atoms with Crippen LogP contribution >= 0.6 is 38.6 Å². The summed E-state index contributed by atoms with van der Waals surface area (Å²) in [6.07, 6.45) is 0. The zero-order chi connectivity index (χ0) is 14.5. The van der Waals surface area contributed by atoms with Crippen LogP contribution in [0.1, 0.15) is 20.8 Å². The molecule has 0 aliphatic rings. The maximum absolute atomic E-state index is 12.2. The third-order valence-electron chi connectivity index (χ3n) is 2.55. The van der Waals surface area contributed by atoms with E-state index in [0.29, 0.717) is 18.7 Å². The van der Waals surface area contributed by atoms with Crippen LogP contribution in [0.2, 0.25) is 0 Å². The first kappa shape index (κ1) is 15.3. The van der Waals surface area contributed by atoms with E-state index in [1.165, 1.54) is 11.3 Å². The standard InChI is InChI=1S/C14H13BrN2OS2/c1-17(14(18)11-6-13(15)20-9-11)7-10-5-12(19-8-10)3-2-4-16/h5-6,8-9H,4,7,16H2,1H3. The molecule has 0 bridgehead atoms. The molecule has 6 heteroatoms. The first-order valence-electron chi connectivity index (χ1n) is 5.86. The van der Waals surface area contributed by atoms with Gasteiger partial charge in [-0.3, -0.25) is 4.79 Å². The number of hydrogen-bond acceptors (Lipinski definition) is 4. The molecule has 0 aliphatic carbocycles. The lowest BCUT2D eigenvalue weighted by molar-refractivity contribution is 0.0786. The number of carbonyl (C=O) groups is 1. The van der Waals surface area contributed by atoms with Gasteiger partial charge in [0.15, 0.2) is 0 Å². The van der Waals surface area contributed by atoms with E-state index in [1.807, 2.05) is 22.9 Å². The minimum Gasteiger partial charge on any atom is -0.337 e. The van der Waals surface area contributed by atoms with Crippen LogP contribution in [0.15, 0.2) is 26.7 Å². The third kappa shape index (κ3) is 3.93. The van der Waals surface area contributed by atoms with Crippen LogP contribution in [0.3, 0.4) is 0 Å². The maximum Gasteiger partial charge on any atom is 0.254 e. The second-order valence-electron chi connectivity index (χ2n) is 4.13. The van der Waals surface area contributed by atoms with E-state index >= 15 is 0 Å². The molecule has 3 nitrogen and oxygen atoms in total. The number of thiophene rings is 2. The molecular formula is C14H13BrN2OS2. The van der Waals surface area contributed by atoms with Gasteiger partial charge in [0.25, 0.3) is 5.91 Å². The number of carbonyl (C=O) groups excluding carboxylic acids is 1. The lowest BCUT2D eigenvalue weighted by Gasteiger charge is -2.15. The summed E-state index contributed by atoms with van der Waals surface area (Å²) in [5, 5.41) is 3.88. The van der Waals surface area contributed by atoms with Crippen molar-refractivity contribution in [2.24, 2.45) is 5.73 Å². The summed E-state index contributed by atoms with van der Waals surface area (Å²) >= 11 is 6.45. The molecule has 2 aromatic rings.